The Bertz CT molecular complexity index is 892. The van der Waals surface area contributed by atoms with E-state index in [2.05, 4.69) is 0 Å². The number of amides is 2. The first-order valence-corrected chi connectivity index (χ1v) is 8.86. The summed E-state index contributed by atoms with van der Waals surface area (Å²) in [4.78, 5) is 40.6. The van der Waals surface area contributed by atoms with E-state index >= 15 is 0 Å². The number of ether oxygens (including phenoxy) is 1. The minimum absolute atomic E-state index is 0.00633. The van der Waals surface area contributed by atoms with Crippen molar-refractivity contribution >= 4 is 22.8 Å². The fraction of sp³-hybridized carbons (Fsp3) is 0.421. The smallest absolute Gasteiger partial charge is 0.289 e. The van der Waals surface area contributed by atoms with Crippen LogP contribution in [-0.2, 0) is 9.53 Å². The number of rotatable bonds is 2. The fourth-order valence-electron chi connectivity index (χ4n) is 3.47. The van der Waals surface area contributed by atoms with Crippen molar-refractivity contribution in [1.29, 1.82) is 0 Å². The highest BCUT2D eigenvalue weighted by Crippen LogP contribution is 2.17. The predicted octanol–water partition coefficient (Wildman–Crippen LogP) is 1.26. The molecule has 2 amide bonds. The van der Waals surface area contributed by atoms with Gasteiger partial charge in [0.05, 0.1) is 5.39 Å². The summed E-state index contributed by atoms with van der Waals surface area (Å²) in [6, 6.07) is 8.10. The summed E-state index contributed by atoms with van der Waals surface area (Å²) >= 11 is 0. The zero-order valence-corrected chi connectivity index (χ0v) is 14.3. The summed E-state index contributed by atoms with van der Waals surface area (Å²) in [6.45, 7) is 2.38. The van der Waals surface area contributed by atoms with Crippen molar-refractivity contribution in [3.63, 3.8) is 0 Å². The molecule has 0 radical (unpaired) electrons. The third-order valence-corrected chi connectivity index (χ3v) is 4.93. The topological polar surface area (TPSA) is 80.1 Å². The van der Waals surface area contributed by atoms with Crippen LogP contribution in [-0.4, -0.2) is 60.5 Å². The van der Waals surface area contributed by atoms with Crippen LogP contribution >= 0.6 is 0 Å². The number of hydrogen-bond acceptors (Lipinski definition) is 5. The molecule has 4 rings (SSSR count). The third kappa shape index (κ3) is 3.10. The van der Waals surface area contributed by atoms with E-state index in [1.165, 1.54) is 6.07 Å². The second-order valence-electron chi connectivity index (χ2n) is 6.59. The highest BCUT2D eigenvalue weighted by molar-refractivity contribution is 5.93. The van der Waals surface area contributed by atoms with E-state index in [1.54, 1.807) is 34.1 Å². The summed E-state index contributed by atoms with van der Waals surface area (Å²) in [7, 11) is 0. The number of para-hydroxylation sites is 1. The molecule has 2 aromatic rings. The molecule has 2 aliphatic rings. The highest BCUT2D eigenvalue weighted by atomic mass is 16.5. The fourth-order valence-corrected chi connectivity index (χ4v) is 3.47. The van der Waals surface area contributed by atoms with Crippen LogP contribution in [0.2, 0.25) is 0 Å². The van der Waals surface area contributed by atoms with E-state index in [9.17, 15) is 14.4 Å². The maximum atomic E-state index is 12.7. The third-order valence-electron chi connectivity index (χ3n) is 4.93. The number of carbonyl (C=O) groups excluding carboxylic acids is 2. The molecule has 2 aliphatic heterocycles. The van der Waals surface area contributed by atoms with Crippen LogP contribution in [0, 0.1) is 0 Å². The molecule has 7 nitrogen and oxygen atoms in total. The monoisotopic (exact) mass is 356 g/mol. The SMILES string of the molecule is O=C(c1cc(=O)c2ccccc2o1)N1CCN(C(=O)C2CCCO2)CC1. The normalized spacial score (nSPS) is 20.5. The quantitative estimate of drug-likeness (QED) is 0.809. The van der Waals surface area contributed by atoms with Crippen LogP contribution in [0.25, 0.3) is 11.0 Å². The number of fused-ring (bicyclic) bond motifs is 1. The van der Waals surface area contributed by atoms with Crippen molar-refractivity contribution in [2.75, 3.05) is 32.8 Å². The van der Waals surface area contributed by atoms with E-state index in [4.69, 9.17) is 9.15 Å². The van der Waals surface area contributed by atoms with Gasteiger partial charge in [0.15, 0.2) is 11.2 Å². The summed E-state index contributed by atoms with van der Waals surface area (Å²) in [6.07, 6.45) is 1.34. The van der Waals surface area contributed by atoms with Crippen LogP contribution in [0.4, 0.5) is 0 Å². The van der Waals surface area contributed by atoms with E-state index in [-0.39, 0.29) is 29.1 Å². The Morgan fingerprint density at radius 3 is 2.50 bits per heavy atom. The Morgan fingerprint density at radius 1 is 1.04 bits per heavy atom. The molecule has 0 bridgehead atoms. The lowest BCUT2D eigenvalue weighted by Crippen LogP contribution is -2.52. The number of carbonyl (C=O) groups is 2. The Kier molecular flexibility index (Phi) is 4.46. The summed E-state index contributed by atoms with van der Waals surface area (Å²) in [5.41, 5.74) is 0.165. The number of benzene rings is 1. The molecule has 1 aromatic heterocycles. The van der Waals surface area contributed by atoms with Gasteiger partial charge in [-0.15, -0.1) is 0 Å². The molecule has 0 saturated carbocycles. The number of nitrogens with zero attached hydrogens (tertiary/aromatic N) is 2. The molecule has 1 unspecified atom stereocenters. The molecule has 0 spiro atoms. The van der Waals surface area contributed by atoms with Crippen LogP contribution < -0.4 is 5.43 Å². The zero-order chi connectivity index (χ0) is 18.1. The lowest BCUT2D eigenvalue weighted by Gasteiger charge is -2.35. The van der Waals surface area contributed by atoms with Gasteiger partial charge in [-0.3, -0.25) is 14.4 Å². The average Bonchev–Trinajstić information content (AvgIpc) is 3.22. The first-order chi connectivity index (χ1) is 12.6. The molecule has 2 fully saturated rings. The van der Waals surface area contributed by atoms with Gasteiger partial charge >= 0.3 is 0 Å². The maximum Gasteiger partial charge on any atom is 0.289 e. The van der Waals surface area contributed by atoms with Crippen molar-refractivity contribution in [2.24, 2.45) is 0 Å². The second kappa shape index (κ2) is 6.92. The van der Waals surface area contributed by atoms with Crippen molar-refractivity contribution in [3.05, 3.63) is 46.3 Å². The molecule has 3 heterocycles. The van der Waals surface area contributed by atoms with Crippen LogP contribution in [0.5, 0.6) is 0 Å². The van der Waals surface area contributed by atoms with Crippen molar-refractivity contribution in [1.82, 2.24) is 9.80 Å². The van der Waals surface area contributed by atoms with Gasteiger partial charge in [0, 0.05) is 38.9 Å². The Morgan fingerprint density at radius 2 is 1.77 bits per heavy atom. The Labute approximate surface area is 150 Å². The Balaban J connectivity index is 1.45. The maximum absolute atomic E-state index is 12.7. The highest BCUT2D eigenvalue weighted by Gasteiger charge is 2.32. The second-order valence-corrected chi connectivity index (χ2v) is 6.59. The molecular formula is C19H20N2O5. The van der Waals surface area contributed by atoms with Gasteiger partial charge in [-0.1, -0.05) is 12.1 Å². The molecule has 136 valence electrons. The van der Waals surface area contributed by atoms with Crippen LogP contribution in [0.3, 0.4) is 0 Å². The van der Waals surface area contributed by atoms with Crippen molar-refractivity contribution < 1.29 is 18.7 Å². The first-order valence-electron chi connectivity index (χ1n) is 8.86. The lowest BCUT2D eigenvalue weighted by molar-refractivity contribution is -0.142. The van der Waals surface area contributed by atoms with Gasteiger partial charge in [0.25, 0.3) is 11.8 Å². The molecule has 0 aliphatic carbocycles. The van der Waals surface area contributed by atoms with E-state index in [0.717, 1.165) is 12.8 Å². The van der Waals surface area contributed by atoms with E-state index < -0.39 is 0 Å². The van der Waals surface area contributed by atoms with Gasteiger partial charge in [-0.05, 0) is 25.0 Å². The van der Waals surface area contributed by atoms with E-state index in [0.29, 0.717) is 43.8 Å². The number of hydrogen-bond donors (Lipinski definition) is 0. The van der Waals surface area contributed by atoms with Crippen LogP contribution in [0.15, 0.2) is 39.5 Å². The minimum Gasteiger partial charge on any atom is -0.451 e. The largest absolute Gasteiger partial charge is 0.451 e. The Hall–Kier alpha value is -2.67. The molecule has 0 N–H and O–H groups in total. The molecule has 2 saturated heterocycles. The molecule has 1 atom stereocenters. The molecule has 1 aromatic carbocycles. The standard InChI is InChI=1S/C19H20N2O5/c22-14-12-17(26-15-5-2-1-4-13(14)15)19(24)21-9-7-20(8-10-21)18(23)16-6-3-11-25-16/h1-2,4-5,12,16H,3,6-11H2. The van der Waals surface area contributed by atoms with Crippen molar-refractivity contribution in [3.8, 4) is 0 Å². The van der Waals surface area contributed by atoms with E-state index in [1.807, 2.05) is 0 Å². The number of piperazine rings is 1. The molecular weight excluding hydrogens is 336 g/mol. The van der Waals surface area contributed by atoms with Gasteiger partial charge < -0.3 is 19.0 Å². The summed E-state index contributed by atoms with van der Waals surface area (Å²) in [5, 5.41) is 0.455. The average molecular weight is 356 g/mol. The first kappa shape index (κ1) is 16.8. The minimum atomic E-state index is -0.337. The molecule has 26 heavy (non-hydrogen) atoms. The molecule has 7 heteroatoms. The van der Waals surface area contributed by atoms with Gasteiger partial charge in [-0.2, -0.15) is 0 Å². The van der Waals surface area contributed by atoms with Crippen molar-refractivity contribution in [2.45, 2.75) is 18.9 Å². The lowest BCUT2D eigenvalue weighted by atomic mass is 10.2. The van der Waals surface area contributed by atoms with Gasteiger partial charge in [-0.25, -0.2) is 0 Å². The predicted molar refractivity (Wildman–Crippen MR) is 93.9 cm³/mol. The van der Waals surface area contributed by atoms with Gasteiger partial charge in [0.1, 0.15) is 11.7 Å². The van der Waals surface area contributed by atoms with Gasteiger partial charge in [0.2, 0.25) is 0 Å². The summed E-state index contributed by atoms with van der Waals surface area (Å²) < 4.78 is 11.1. The zero-order valence-electron chi connectivity index (χ0n) is 14.3. The summed E-state index contributed by atoms with van der Waals surface area (Å²) in [5.74, 6) is -0.281. The van der Waals surface area contributed by atoms with Crippen LogP contribution in [0.1, 0.15) is 23.4 Å².